The smallest absolute Gasteiger partial charge is 0.256 e. The Kier molecular flexibility index (Phi) is 4.73. The van der Waals surface area contributed by atoms with E-state index in [1.54, 1.807) is 12.4 Å². The van der Waals surface area contributed by atoms with Gasteiger partial charge in [-0.15, -0.1) is 0 Å². The van der Waals surface area contributed by atoms with Crippen LogP contribution in [0, 0.1) is 0 Å². The van der Waals surface area contributed by atoms with E-state index in [-0.39, 0.29) is 11.8 Å². The van der Waals surface area contributed by atoms with Crippen LogP contribution < -0.4 is 5.73 Å². The van der Waals surface area contributed by atoms with Crippen LogP contribution in [0.15, 0.2) is 36.7 Å². The van der Waals surface area contributed by atoms with E-state index < -0.39 is 6.10 Å². The lowest BCUT2D eigenvalue weighted by Crippen LogP contribution is -2.36. The van der Waals surface area contributed by atoms with Crippen molar-refractivity contribution in [2.24, 2.45) is 5.73 Å². The van der Waals surface area contributed by atoms with E-state index in [1.807, 2.05) is 27.8 Å². The fourth-order valence-electron chi connectivity index (χ4n) is 4.43. The zero-order valence-electron chi connectivity index (χ0n) is 16.2. The van der Waals surface area contributed by atoms with Crippen molar-refractivity contribution in [1.82, 2.24) is 24.6 Å². The second kappa shape index (κ2) is 7.53. The van der Waals surface area contributed by atoms with Gasteiger partial charge in [0.05, 0.1) is 18.8 Å². The minimum atomic E-state index is -0.509. The summed E-state index contributed by atoms with van der Waals surface area (Å²) in [5.74, 6) is 0.174. The van der Waals surface area contributed by atoms with Crippen molar-refractivity contribution >= 4 is 17.1 Å². The van der Waals surface area contributed by atoms with Gasteiger partial charge >= 0.3 is 0 Å². The monoisotopic (exact) mass is 392 g/mol. The fraction of sp³-hybridized carbons (Fsp3) is 0.429. The Balaban J connectivity index is 1.39. The van der Waals surface area contributed by atoms with Gasteiger partial charge in [0.15, 0.2) is 11.8 Å². The molecule has 2 atom stereocenters. The van der Waals surface area contributed by atoms with Crippen LogP contribution in [0.1, 0.15) is 35.3 Å². The largest absolute Gasteiger partial charge is 0.363 e. The minimum Gasteiger partial charge on any atom is -0.363 e. The molecule has 4 heterocycles. The molecule has 2 N–H and O–H groups in total. The van der Waals surface area contributed by atoms with Crippen molar-refractivity contribution in [1.29, 1.82) is 0 Å². The molecule has 0 saturated carbocycles. The number of benzene rings is 1. The topological polar surface area (TPSA) is 99.2 Å². The molecule has 3 aromatic rings. The van der Waals surface area contributed by atoms with Crippen LogP contribution in [-0.4, -0.2) is 56.8 Å². The van der Waals surface area contributed by atoms with E-state index in [2.05, 4.69) is 16.0 Å². The summed E-state index contributed by atoms with van der Waals surface area (Å²) in [5, 5.41) is 4.75. The van der Waals surface area contributed by atoms with Gasteiger partial charge in [-0.05, 0) is 24.0 Å². The molecular weight excluding hydrogens is 368 g/mol. The zero-order chi connectivity index (χ0) is 19.8. The maximum atomic E-state index is 13.2. The summed E-state index contributed by atoms with van der Waals surface area (Å²) in [7, 11) is 0. The molecule has 0 bridgehead atoms. The molecule has 8 heteroatoms. The Bertz CT molecular complexity index is 1050. The lowest BCUT2D eigenvalue weighted by molar-refractivity contribution is -0.144. The minimum absolute atomic E-state index is 0.0384. The first-order chi connectivity index (χ1) is 14.3. The highest BCUT2D eigenvalue weighted by atomic mass is 16.5. The van der Waals surface area contributed by atoms with E-state index in [1.165, 1.54) is 5.56 Å². The van der Waals surface area contributed by atoms with Gasteiger partial charge in [-0.25, -0.2) is 14.6 Å². The lowest BCUT2D eigenvalue weighted by Gasteiger charge is -2.28. The number of likely N-dealkylation sites (tertiary alicyclic amines) is 1. The number of nitrogens with zero attached hydrogens (tertiary/aromatic N) is 5. The van der Waals surface area contributed by atoms with Gasteiger partial charge in [-0.3, -0.25) is 4.79 Å². The number of hydrogen-bond acceptors (Lipinski definition) is 6. The van der Waals surface area contributed by atoms with Crippen LogP contribution in [0.5, 0.6) is 0 Å². The molecule has 2 aromatic heterocycles. The third kappa shape index (κ3) is 3.18. The molecular formula is C21H24N6O2. The van der Waals surface area contributed by atoms with E-state index in [4.69, 9.17) is 15.6 Å². The quantitative estimate of drug-likeness (QED) is 0.721. The van der Waals surface area contributed by atoms with Gasteiger partial charge < -0.3 is 15.4 Å². The Hall–Kier alpha value is -2.84. The molecule has 8 nitrogen and oxygen atoms in total. The van der Waals surface area contributed by atoms with Crippen molar-refractivity contribution in [2.45, 2.75) is 31.4 Å². The average Bonchev–Trinajstić information content (AvgIpc) is 3.39. The SMILES string of the molecule is NCCn1nc([C@H]2CCN(C(=O)[C@H]3OCCc4ccccc43)C2)c2nccnc21. The number of ether oxygens (including phenoxy) is 1. The molecule has 150 valence electrons. The number of hydrogen-bond donors (Lipinski definition) is 1. The molecule has 0 aliphatic carbocycles. The highest BCUT2D eigenvalue weighted by Gasteiger charge is 2.36. The summed E-state index contributed by atoms with van der Waals surface area (Å²) in [6, 6.07) is 8.07. The second-order valence-corrected chi connectivity index (χ2v) is 7.60. The van der Waals surface area contributed by atoms with Gasteiger partial charge in [0.2, 0.25) is 0 Å². The highest BCUT2D eigenvalue weighted by Crippen LogP contribution is 2.34. The Labute approximate surface area is 168 Å². The molecule has 1 saturated heterocycles. The number of rotatable bonds is 4. The van der Waals surface area contributed by atoms with Crippen molar-refractivity contribution < 1.29 is 9.53 Å². The molecule has 0 unspecified atom stereocenters. The van der Waals surface area contributed by atoms with Crippen LogP contribution >= 0.6 is 0 Å². The van der Waals surface area contributed by atoms with E-state index in [0.717, 1.165) is 35.3 Å². The van der Waals surface area contributed by atoms with Crippen LogP contribution in [0.3, 0.4) is 0 Å². The number of nitrogens with two attached hydrogens (primary N) is 1. The van der Waals surface area contributed by atoms with Gasteiger partial charge in [0.25, 0.3) is 5.91 Å². The molecule has 1 amide bonds. The summed E-state index contributed by atoms with van der Waals surface area (Å²) in [6.45, 7) is 2.97. The third-order valence-corrected chi connectivity index (χ3v) is 5.84. The lowest BCUT2D eigenvalue weighted by atomic mass is 9.97. The molecule has 0 spiro atoms. The first-order valence-electron chi connectivity index (χ1n) is 10.1. The molecule has 0 radical (unpaired) electrons. The summed E-state index contributed by atoms with van der Waals surface area (Å²) < 4.78 is 7.70. The normalized spacial score (nSPS) is 21.5. The van der Waals surface area contributed by atoms with E-state index in [9.17, 15) is 4.79 Å². The standard InChI is InChI=1S/C21H24N6O2/c22-7-11-27-20-18(23-8-9-24-20)17(25-27)15-5-10-26(13-15)21(28)19-16-4-2-1-3-14(16)6-12-29-19/h1-4,8-9,15,19H,5-7,10-13,22H2/t15-,19-/m0/s1. The Morgan fingerprint density at radius 3 is 3.00 bits per heavy atom. The predicted octanol–water partition coefficient (Wildman–Crippen LogP) is 1.41. The number of fused-ring (bicyclic) bond motifs is 2. The van der Waals surface area contributed by atoms with Gasteiger partial charge in [0.1, 0.15) is 5.52 Å². The Morgan fingerprint density at radius 2 is 2.10 bits per heavy atom. The first-order valence-corrected chi connectivity index (χ1v) is 10.1. The van der Waals surface area contributed by atoms with E-state index in [0.29, 0.717) is 32.8 Å². The van der Waals surface area contributed by atoms with Crippen LogP contribution in [0.2, 0.25) is 0 Å². The highest BCUT2D eigenvalue weighted by molar-refractivity contribution is 5.83. The van der Waals surface area contributed by atoms with Gasteiger partial charge in [-0.2, -0.15) is 5.10 Å². The molecule has 1 aromatic carbocycles. The van der Waals surface area contributed by atoms with Crippen molar-refractivity contribution in [3.8, 4) is 0 Å². The van der Waals surface area contributed by atoms with Crippen LogP contribution in [0.25, 0.3) is 11.2 Å². The van der Waals surface area contributed by atoms with Crippen molar-refractivity contribution in [3.63, 3.8) is 0 Å². The molecule has 2 aliphatic heterocycles. The maximum Gasteiger partial charge on any atom is 0.256 e. The van der Waals surface area contributed by atoms with Crippen molar-refractivity contribution in [3.05, 3.63) is 53.5 Å². The zero-order valence-corrected chi connectivity index (χ0v) is 16.2. The van der Waals surface area contributed by atoms with E-state index >= 15 is 0 Å². The van der Waals surface area contributed by atoms with Crippen LogP contribution in [0.4, 0.5) is 0 Å². The summed E-state index contributed by atoms with van der Waals surface area (Å²) >= 11 is 0. The Morgan fingerprint density at radius 1 is 1.24 bits per heavy atom. The predicted molar refractivity (Wildman–Crippen MR) is 107 cm³/mol. The van der Waals surface area contributed by atoms with Gasteiger partial charge in [-0.1, -0.05) is 24.3 Å². The second-order valence-electron chi connectivity index (χ2n) is 7.60. The molecule has 5 rings (SSSR count). The third-order valence-electron chi connectivity index (χ3n) is 5.84. The number of aromatic nitrogens is 4. The first kappa shape index (κ1) is 18.2. The number of amides is 1. The summed E-state index contributed by atoms with van der Waals surface area (Å²) in [4.78, 5) is 24.1. The average molecular weight is 392 g/mol. The number of carbonyl (C=O) groups excluding carboxylic acids is 1. The van der Waals surface area contributed by atoms with Crippen LogP contribution in [-0.2, 0) is 22.5 Å². The molecule has 29 heavy (non-hydrogen) atoms. The molecule has 1 fully saturated rings. The molecule has 2 aliphatic rings. The van der Waals surface area contributed by atoms with Gasteiger partial charge in [0, 0.05) is 37.9 Å². The van der Waals surface area contributed by atoms with Crippen molar-refractivity contribution in [2.75, 3.05) is 26.2 Å². The fourth-order valence-corrected chi connectivity index (χ4v) is 4.43. The maximum absolute atomic E-state index is 13.2. The summed E-state index contributed by atoms with van der Waals surface area (Å²) in [6.07, 6.45) is 4.55. The summed E-state index contributed by atoms with van der Waals surface area (Å²) in [5.41, 5.74) is 10.4. The number of carbonyl (C=O) groups is 1.